The van der Waals surface area contributed by atoms with Crippen LogP contribution in [0.15, 0.2) is 67.3 Å². The van der Waals surface area contributed by atoms with Crippen molar-refractivity contribution in [1.82, 2.24) is 19.7 Å². The van der Waals surface area contributed by atoms with Gasteiger partial charge in [0.15, 0.2) is 6.10 Å². The third kappa shape index (κ3) is 5.60. The lowest BCUT2D eigenvalue weighted by atomic mass is 9.90. The highest BCUT2D eigenvalue weighted by Crippen LogP contribution is 2.22. The lowest BCUT2D eigenvalue weighted by Crippen LogP contribution is -2.44. The number of piperidine rings is 1. The number of benzene rings is 2. The van der Waals surface area contributed by atoms with Gasteiger partial charge in [-0.3, -0.25) is 4.79 Å². The fourth-order valence-corrected chi connectivity index (χ4v) is 4.09. The first-order chi connectivity index (χ1) is 15.6. The van der Waals surface area contributed by atoms with Crippen molar-refractivity contribution in [3.63, 3.8) is 0 Å². The van der Waals surface area contributed by atoms with Crippen LogP contribution in [-0.4, -0.2) is 50.7 Å². The zero-order valence-electron chi connectivity index (χ0n) is 18.3. The predicted molar refractivity (Wildman–Crippen MR) is 120 cm³/mol. The second-order valence-electron chi connectivity index (χ2n) is 8.30. The van der Waals surface area contributed by atoms with Gasteiger partial charge in [0.1, 0.15) is 12.7 Å². The van der Waals surface area contributed by atoms with Crippen molar-refractivity contribution >= 4 is 11.9 Å². The summed E-state index contributed by atoms with van der Waals surface area (Å²) in [4.78, 5) is 31.0. The molecule has 1 aliphatic heterocycles. The van der Waals surface area contributed by atoms with E-state index in [0.29, 0.717) is 31.1 Å². The topological polar surface area (TPSA) is 77.3 Å². The van der Waals surface area contributed by atoms with Gasteiger partial charge >= 0.3 is 5.97 Å². The first-order valence-corrected chi connectivity index (χ1v) is 11.0. The predicted octanol–water partition coefficient (Wildman–Crippen LogP) is 3.35. The summed E-state index contributed by atoms with van der Waals surface area (Å²) < 4.78 is 7.17. The molecule has 0 aliphatic carbocycles. The van der Waals surface area contributed by atoms with Crippen LogP contribution in [0.25, 0.3) is 0 Å². The van der Waals surface area contributed by atoms with Crippen LogP contribution in [0, 0.1) is 5.92 Å². The molecule has 1 amide bonds. The van der Waals surface area contributed by atoms with Crippen molar-refractivity contribution < 1.29 is 14.3 Å². The molecular formula is C25H28N4O3. The smallest absolute Gasteiger partial charge is 0.338 e. The Balaban J connectivity index is 1.25. The molecule has 2 aromatic carbocycles. The second-order valence-corrected chi connectivity index (χ2v) is 8.30. The molecular weight excluding hydrogens is 404 g/mol. The standard InChI is InChI=1S/C25H28N4O3/c1-19(24(30)28-13-11-21(12-14-28)15-20-5-3-2-4-6-20)32-25(31)23-9-7-22(8-10-23)16-29-18-26-17-27-29/h2-10,17-19,21H,11-16H2,1H3. The number of hydrogen-bond acceptors (Lipinski definition) is 5. The summed E-state index contributed by atoms with van der Waals surface area (Å²) >= 11 is 0. The largest absolute Gasteiger partial charge is 0.449 e. The Morgan fingerprint density at radius 2 is 1.75 bits per heavy atom. The minimum Gasteiger partial charge on any atom is -0.449 e. The Hall–Kier alpha value is -3.48. The average Bonchev–Trinajstić information content (AvgIpc) is 3.33. The van der Waals surface area contributed by atoms with E-state index < -0.39 is 12.1 Å². The highest BCUT2D eigenvalue weighted by molar-refractivity contribution is 5.92. The maximum atomic E-state index is 12.8. The van der Waals surface area contributed by atoms with Gasteiger partial charge in [0.05, 0.1) is 12.1 Å². The fourth-order valence-electron chi connectivity index (χ4n) is 4.09. The van der Waals surface area contributed by atoms with Crippen LogP contribution in [0.1, 0.15) is 41.3 Å². The normalized spacial score (nSPS) is 15.3. The number of carbonyl (C=O) groups is 2. The number of ether oxygens (including phenoxy) is 1. The maximum absolute atomic E-state index is 12.8. The van der Waals surface area contributed by atoms with Gasteiger partial charge in [0.25, 0.3) is 5.91 Å². The van der Waals surface area contributed by atoms with Gasteiger partial charge in [-0.2, -0.15) is 5.10 Å². The molecule has 4 rings (SSSR count). The summed E-state index contributed by atoms with van der Waals surface area (Å²) in [5.41, 5.74) is 2.76. The van der Waals surface area contributed by atoms with Crippen LogP contribution < -0.4 is 0 Å². The molecule has 2 heterocycles. The molecule has 1 aromatic heterocycles. The summed E-state index contributed by atoms with van der Waals surface area (Å²) in [6.07, 6.45) is 5.29. The fraction of sp³-hybridized carbons (Fsp3) is 0.360. The van der Waals surface area contributed by atoms with E-state index in [0.717, 1.165) is 24.8 Å². The third-order valence-corrected chi connectivity index (χ3v) is 5.93. The molecule has 166 valence electrons. The van der Waals surface area contributed by atoms with Crippen LogP contribution in [0.2, 0.25) is 0 Å². The second kappa shape index (κ2) is 10.2. The number of carbonyl (C=O) groups excluding carboxylic acids is 2. The Bertz CT molecular complexity index is 1010. The summed E-state index contributed by atoms with van der Waals surface area (Å²) in [6, 6.07) is 17.6. The van der Waals surface area contributed by atoms with Crippen LogP contribution >= 0.6 is 0 Å². The van der Waals surface area contributed by atoms with Gasteiger partial charge in [0.2, 0.25) is 0 Å². The molecule has 0 N–H and O–H groups in total. The molecule has 1 unspecified atom stereocenters. The van der Waals surface area contributed by atoms with Crippen molar-refractivity contribution in [1.29, 1.82) is 0 Å². The summed E-state index contributed by atoms with van der Waals surface area (Å²) in [6.45, 7) is 3.63. The van der Waals surface area contributed by atoms with Gasteiger partial charge in [0, 0.05) is 13.1 Å². The molecule has 7 heteroatoms. The van der Waals surface area contributed by atoms with Crippen molar-refractivity contribution in [2.24, 2.45) is 5.92 Å². The molecule has 1 saturated heterocycles. The molecule has 1 aliphatic rings. The van der Waals surface area contributed by atoms with E-state index in [2.05, 4.69) is 34.3 Å². The molecule has 1 fully saturated rings. The minimum atomic E-state index is -0.803. The van der Waals surface area contributed by atoms with E-state index in [-0.39, 0.29) is 5.91 Å². The zero-order chi connectivity index (χ0) is 22.3. The summed E-state index contributed by atoms with van der Waals surface area (Å²) in [5.74, 6) is -0.0354. The number of esters is 1. The number of hydrogen-bond donors (Lipinski definition) is 0. The lowest BCUT2D eigenvalue weighted by molar-refractivity contribution is -0.141. The van der Waals surface area contributed by atoms with Gasteiger partial charge in [-0.05, 0) is 55.4 Å². The van der Waals surface area contributed by atoms with Gasteiger partial charge in [-0.25, -0.2) is 14.5 Å². The molecule has 0 bridgehead atoms. The number of likely N-dealkylation sites (tertiary alicyclic amines) is 1. The lowest BCUT2D eigenvalue weighted by Gasteiger charge is -2.33. The molecule has 0 radical (unpaired) electrons. The van der Waals surface area contributed by atoms with E-state index >= 15 is 0 Å². The Morgan fingerprint density at radius 3 is 2.41 bits per heavy atom. The summed E-state index contributed by atoms with van der Waals surface area (Å²) in [7, 11) is 0. The number of aromatic nitrogens is 3. The van der Waals surface area contributed by atoms with Gasteiger partial charge < -0.3 is 9.64 Å². The molecule has 7 nitrogen and oxygen atoms in total. The van der Waals surface area contributed by atoms with Crippen LogP contribution in [0.4, 0.5) is 0 Å². The number of amides is 1. The van der Waals surface area contributed by atoms with Gasteiger partial charge in [-0.1, -0.05) is 42.5 Å². The van der Waals surface area contributed by atoms with E-state index in [9.17, 15) is 9.59 Å². The molecule has 0 spiro atoms. The van der Waals surface area contributed by atoms with E-state index in [1.54, 1.807) is 30.1 Å². The molecule has 0 saturated carbocycles. The Kier molecular flexibility index (Phi) is 6.94. The number of rotatable bonds is 7. The van der Waals surface area contributed by atoms with E-state index in [1.807, 2.05) is 23.1 Å². The Labute approximate surface area is 188 Å². The zero-order valence-corrected chi connectivity index (χ0v) is 18.3. The van der Waals surface area contributed by atoms with E-state index in [4.69, 9.17) is 4.74 Å². The SMILES string of the molecule is CC(OC(=O)c1ccc(Cn2cncn2)cc1)C(=O)N1CCC(Cc2ccccc2)CC1. The van der Waals surface area contributed by atoms with E-state index in [1.165, 1.54) is 11.9 Å². The highest BCUT2D eigenvalue weighted by atomic mass is 16.5. The van der Waals surface area contributed by atoms with Crippen LogP contribution in [-0.2, 0) is 22.5 Å². The maximum Gasteiger partial charge on any atom is 0.338 e. The quantitative estimate of drug-likeness (QED) is 0.535. The van der Waals surface area contributed by atoms with Crippen LogP contribution in [0.3, 0.4) is 0 Å². The average molecular weight is 433 g/mol. The monoisotopic (exact) mass is 432 g/mol. The first kappa shape index (κ1) is 21.7. The van der Waals surface area contributed by atoms with Gasteiger partial charge in [-0.15, -0.1) is 0 Å². The summed E-state index contributed by atoms with van der Waals surface area (Å²) in [5, 5.41) is 4.07. The molecule has 3 aromatic rings. The Morgan fingerprint density at radius 1 is 1.03 bits per heavy atom. The third-order valence-electron chi connectivity index (χ3n) is 5.93. The molecule has 1 atom stereocenters. The highest BCUT2D eigenvalue weighted by Gasteiger charge is 2.28. The van der Waals surface area contributed by atoms with Crippen molar-refractivity contribution in [2.45, 2.75) is 38.8 Å². The van der Waals surface area contributed by atoms with Crippen LogP contribution in [0.5, 0.6) is 0 Å². The van der Waals surface area contributed by atoms with Crippen molar-refractivity contribution in [3.8, 4) is 0 Å². The van der Waals surface area contributed by atoms with Crippen molar-refractivity contribution in [2.75, 3.05) is 13.1 Å². The minimum absolute atomic E-state index is 0.126. The first-order valence-electron chi connectivity index (χ1n) is 11.0. The number of nitrogens with zero attached hydrogens (tertiary/aromatic N) is 4. The molecule has 32 heavy (non-hydrogen) atoms. The van der Waals surface area contributed by atoms with Crippen molar-refractivity contribution in [3.05, 3.63) is 83.9 Å².